The van der Waals surface area contributed by atoms with Crippen LogP contribution in [0.25, 0.3) is 5.76 Å². The van der Waals surface area contributed by atoms with Gasteiger partial charge in [-0.2, -0.15) is 0 Å². The number of halogens is 1. The molecule has 0 bridgehead atoms. The number of anilines is 1. The SMILES string of the molecule is COc1ccc([C@H]2C3=C(CC(C)(C)CC3=O)N(c3ccc(Br)cc3)C(=N)/C2=C(/O)c2ccccc2)cc1. The highest BCUT2D eigenvalue weighted by atomic mass is 79.9. The number of nitrogens with one attached hydrogen (secondary N) is 1. The zero-order valence-corrected chi connectivity index (χ0v) is 22.7. The number of carbonyl (C=O) groups is 1. The predicted molar refractivity (Wildman–Crippen MR) is 151 cm³/mol. The molecule has 0 saturated heterocycles. The summed E-state index contributed by atoms with van der Waals surface area (Å²) in [5.41, 5.74) is 3.82. The topological polar surface area (TPSA) is 73.6 Å². The fourth-order valence-corrected chi connectivity index (χ4v) is 5.63. The number of ketones is 1. The Morgan fingerprint density at radius 1 is 1.00 bits per heavy atom. The van der Waals surface area contributed by atoms with E-state index in [1.54, 1.807) is 7.11 Å². The summed E-state index contributed by atoms with van der Waals surface area (Å²) in [6.45, 7) is 4.18. The van der Waals surface area contributed by atoms with Crippen molar-refractivity contribution >= 4 is 39.0 Å². The highest BCUT2D eigenvalue weighted by Gasteiger charge is 2.46. The normalized spacial score (nSPS) is 20.5. The highest BCUT2D eigenvalue weighted by molar-refractivity contribution is 9.10. The number of aliphatic hydroxyl groups is 1. The molecule has 188 valence electrons. The molecule has 6 heteroatoms. The zero-order chi connectivity index (χ0) is 26.3. The summed E-state index contributed by atoms with van der Waals surface area (Å²) < 4.78 is 6.29. The van der Waals surface area contributed by atoms with Gasteiger partial charge in [0, 0.05) is 44.9 Å². The first-order valence-electron chi connectivity index (χ1n) is 12.2. The van der Waals surface area contributed by atoms with E-state index in [9.17, 15) is 15.3 Å². The van der Waals surface area contributed by atoms with Gasteiger partial charge in [0.25, 0.3) is 0 Å². The summed E-state index contributed by atoms with van der Waals surface area (Å²) in [5.74, 6) is 0.324. The number of amidine groups is 1. The first-order chi connectivity index (χ1) is 17.7. The van der Waals surface area contributed by atoms with Gasteiger partial charge in [0.15, 0.2) is 5.78 Å². The van der Waals surface area contributed by atoms with Crippen molar-refractivity contribution in [1.82, 2.24) is 0 Å². The van der Waals surface area contributed by atoms with Gasteiger partial charge in [-0.1, -0.05) is 72.2 Å². The Morgan fingerprint density at radius 2 is 1.65 bits per heavy atom. The fourth-order valence-electron chi connectivity index (χ4n) is 5.37. The van der Waals surface area contributed by atoms with Gasteiger partial charge in [-0.05, 0) is 53.8 Å². The third-order valence-electron chi connectivity index (χ3n) is 7.06. The largest absolute Gasteiger partial charge is 0.507 e. The Labute approximate surface area is 225 Å². The van der Waals surface area contributed by atoms with Crippen molar-refractivity contribution in [3.05, 3.63) is 111 Å². The van der Waals surface area contributed by atoms with Crippen molar-refractivity contribution in [1.29, 1.82) is 5.41 Å². The van der Waals surface area contributed by atoms with E-state index in [1.165, 1.54) is 0 Å². The van der Waals surface area contributed by atoms with Gasteiger partial charge in [0.1, 0.15) is 17.3 Å². The monoisotopic (exact) mass is 556 g/mol. The number of nitrogens with zero attached hydrogens (tertiary/aromatic N) is 1. The van der Waals surface area contributed by atoms with Crippen molar-refractivity contribution in [2.24, 2.45) is 5.41 Å². The number of hydrogen-bond acceptors (Lipinski definition) is 4. The molecule has 2 N–H and O–H groups in total. The fraction of sp³-hybridized carbons (Fsp3) is 0.226. The molecular weight excluding hydrogens is 528 g/mol. The molecule has 1 aliphatic carbocycles. The zero-order valence-electron chi connectivity index (χ0n) is 21.1. The first kappa shape index (κ1) is 25.0. The van der Waals surface area contributed by atoms with E-state index in [0.717, 1.165) is 21.4 Å². The van der Waals surface area contributed by atoms with E-state index < -0.39 is 5.92 Å². The quantitative estimate of drug-likeness (QED) is 0.323. The molecule has 5 nitrogen and oxygen atoms in total. The van der Waals surface area contributed by atoms with Crippen LogP contribution in [0.4, 0.5) is 5.69 Å². The number of carbonyl (C=O) groups excluding carboxylic acids is 1. The molecule has 3 aromatic rings. The number of allylic oxidation sites excluding steroid dienone is 2. The van der Waals surface area contributed by atoms with E-state index in [0.29, 0.717) is 35.3 Å². The van der Waals surface area contributed by atoms with Crippen molar-refractivity contribution in [2.45, 2.75) is 32.6 Å². The average Bonchev–Trinajstić information content (AvgIpc) is 2.88. The predicted octanol–water partition coefficient (Wildman–Crippen LogP) is 7.65. The Bertz CT molecular complexity index is 1420. The van der Waals surface area contributed by atoms with Crippen LogP contribution in [-0.2, 0) is 4.79 Å². The second kappa shape index (κ2) is 9.67. The molecule has 1 aliphatic heterocycles. The van der Waals surface area contributed by atoms with Gasteiger partial charge < -0.3 is 9.84 Å². The highest BCUT2D eigenvalue weighted by Crippen LogP contribution is 2.51. The van der Waals surface area contributed by atoms with Gasteiger partial charge >= 0.3 is 0 Å². The summed E-state index contributed by atoms with van der Waals surface area (Å²) in [7, 11) is 1.61. The van der Waals surface area contributed by atoms with E-state index in [2.05, 4.69) is 29.8 Å². The molecule has 0 radical (unpaired) electrons. The van der Waals surface area contributed by atoms with Crippen LogP contribution in [0.15, 0.2) is 100 Å². The summed E-state index contributed by atoms with van der Waals surface area (Å²) in [4.78, 5) is 15.7. The maximum Gasteiger partial charge on any atom is 0.162 e. The maximum atomic E-state index is 13.9. The molecule has 37 heavy (non-hydrogen) atoms. The molecule has 5 rings (SSSR count). The molecule has 1 atom stereocenters. The number of hydrogen-bond donors (Lipinski definition) is 2. The Balaban J connectivity index is 1.83. The lowest BCUT2D eigenvalue weighted by Gasteiger charge is -2.45. The van der Waals surface area contributed by atoms with Crippen molar-refractivity contribution in [3.8, 4) is 5.75 Å². The average molecular weight is 557 g/mol. The molecule has 3 aromatic carbocycles. The molecule has 0 spiro atoms. The number of benzene rings is 3. The van der Waals surface area contributed by atoms with Crippen LogP contribution in [0.1, 0.15) is 43.7 Å². The molecule has 0 unspecified atom stereocenters. The Kier molecular flexibility index (Phi) is 6.54. The van der Waals surface area contributed by atoms with Gasteiger partial charge in [-0.3, -0.25) is 15.1 Å². The lowest BCUT2D eigenvalue weighted by Crippen LogP contribution is -2.45. The second-order valence-corrected chi connectivity index (χ2v) is 11.2. The van der Waals surface area contributed by atoms with Gasteiger partial charge in [0.05, 0.1) is 7.11 Å². The maximum absolute atomic E-state index is 13.9. The second-order valence-electron chi connectivity index (χ2n) is 10.3. The molecule has 0 fully saturated rings. The van der Waals surface area contributed by atoms with E-state index in [4.69, 9.17) is 4.74 Å². The minimum atomic E-state index is -0.580. The third kappa shape index (κ3) is 4.62. The van der Waals surface area contributed by atoms with Crippen LogP contribution >= 0.6 is 15.9 Å². The van der Waals surface area contributed by atoms with Gasteiger partial charge in [0.2, 0.25) is 0 Å². The standard InChI is InChI=1S/C31H29BrN2O3/c1-31(2)17-24-27(25(35)18-31)26(19-9-15-23(37-3)16-10-19)28(29(36)20-7-5-4-6-8-20)30(33)34(24)22-13-11-21(32)12-14-22/h4-16,26,33,36H,17-18H2,1-3H3/b29-28+,33-30?/t26-/m0/s1. The van der Waals surface area contributed by atoms with Crippen LogP contribution < -0.4 is 9.64 Å². The first-order valence-corrected chi connectivity index (χ1v) is 13.0. The van der Waals surface area contributed by atoms with E-state index in [-0.39, 0.29) is 22.8 Å². The van der Waals surface area contributed by atoms with E-state index >= 15 is 0 Å². The molecule has 2 aliphatic rings. The summed E-state index contributed by atoms with van der Waals surface area (Å²) >= 11 is 3.50. The molecule has 0 saturated carbocycles. The minimum absolute atomic E-state index is 0.00212. The Morgan fingerprint density at radius 3 is 2.27 bits per heavy atom. The van der Waals surface area contributed by atoms with Gasteiger partial charge in [-0.15, -0.1) is 0 Å². The summed E-state index contributed by atoms with van der Waals surface area (Å²) in [6, 6.07) is 24.5. The number of methoxy groups -OCH3 is 1. The number of ether oxygens (including phenoxy) is 1. The summed E-state index contributed by atoms with van der Waals surface area (Å²) in [6.07, 6.45) is 1.04. The van der Waals surface area contributed by atoms with Crippen LogP contribution in [0.5, 0.6) is 5.75 Å². The van der Waals surface area contributed by atoms with Crippen LogP contribution in [0, 0.1) is 10.8 Å². The number of rotatable bonds is 4. The molecule has 0 aromatic heterocycles. The lowest BCUT2D eigenvalue weighted by atomic mass is 9.67. The van der Waals surface area contributed by atoms with Crippen molar-refractivity contribution in [3.63, 3.8) is 0 Å². The van der Waals surface area contributed by atoms with E-state index in [1.807, 2.05) is 83.8 Å². The van der Waals surface area contributed by atoms with Crippen molar-refractivity contribution in [2.75, 3.05) is 12.0 Å². The van der Waals surface area contributed by atoms with Crippen LogP contribution in [0.2, 0.25) is 0 Å². The lowest BCUT2D eigenvalue weighted by molar-refractivity contribution is -0.118. The Hall–Kier alpha value is -3.64. The van der Waals surface area contributed by atoms with Crippen LogP contribution in [0.3, 0.4) is 0 Å². The van der Waals surface area contributed by atoms with Gasteiger partial charge in [-0.25, -0.2) is 0 Å². The molecular formula is C31H29BrN2O3. The number of Topliss-reactive ketones (excluding diaryl/α,β-unsaturated/α-hetero) is 1. The van der Waals surface area contributed by atoms with Crippen LogP contribution in [-0.4, -0.2) is 23.8 Å². The minimum Gasteiger partial charge on any atom is -0.507 e. The number of aliphatic hydroxyl groups excluding tert-OH is 1. The smallest absolute Gasteiger partial charge is 0.162 e. The summed E-state index contributed by atoms with van der Waals surface area (Å²) in [5, 5.41) is 21.2. The van der Waals surface area contributed by atoms with Crippen molar-refractivity contribution < 1.29 is 14.6 Å². The third-order valence-corrected chi connectivity index (χ3v) is 7.59. The molecule has 0 amide bonds. The molecule has 1 heterocycles.